The quantitative estimate of drug-likeness (QED) is 0.819. The molecule has 2 rings (SSSR count). The van der Waals surface area contributed by atoms with Gasteiger partial charge in [-0.3, -0.25) is 9.78 Å². The molecular formula is C13H17FN2O2. The molecule has 1 aromatic heterocycles. The first-order chi connectivity index (χ1) is 8.72. The van der Waals surface area contributed by atoms with Crippen molar-refractivity contribution in [1.29, 1.82) is 0 Å². The molecule has 18 heavy (non-hydrogen) atoms. The second-order valence-electron chi connectivity index (χ2n) is 4.43. The maximum atomic E-state index is 13.5. The summed E-state index contributed by atoms with van der Waals surface area (Å²) in [6.07, 6.45) is 3.46. The second kappa shape index (κ2) is 5.91. The zero-order valence-corrected chi connectivity index (χ0v) is 10.4. The topological polar surface area (TPSA) is 42.4 Å². The molecule has 1 unspecified atom stereocenters. The van der Waals surface area contributed by atoms with Crippen LogP contribution in [0, 0.1) is 11.7 Å². The highest BCUT2D eigenvalue weighted by molar-refractivity contribution is 5.94. The van der Waals surface area contributed by atoms with Gasteiger partial charge in [-0.15, -0.1) is 0 Å². The average molecular weight is 252 g/mol. The van der Waals surface area contributed by atoms with E-state index in [1.807, 2.05) is 6.92 Å². The molecule has 1 fully saturated rings. The predicted octanol–water partition coefficient (Wildman–Crippen LogP) is 1.72. The van der Waals surface area contributed by atoms with Crippen LogP contribution >= 0.6 is 0 Å². The maximum Gasteiger partial charge on any atom is 0.256 e. The van der Waals surface area contributed by atoms with Crippen LogP contribution in [0.3, 0.4) is 0 Å². The van der Waals surface area contributed by atoms with Crippen LogP contribution in [0.25, 0.3) is 0 Å². The number of hydrogen-bond acceptors (Lipinski definition) is 3. The number of ether oxygens (including phenoxy) is 1. The first-order valence-corrected chi connectivity index (χ1v) is 6.19. The van der Waals surface area contributed by atoms with Gasteiger partial charge >= 0.3 is 0 Å². The van der Waals surface area contributed by atoms with Gasteiger partial charge < -0.3 is 9.64 Å². The molecule has 1 saturated heterocycles. The first-order valence-electron chi connectivity index (χ1n) is 6.19. The van der Waals surface area contributed by atoms with Crippen LogP contribution in [0.2, 0.25) is 0 Å². The number of pyridine rings is 1. The molecule has 0 saturated carbocycles. The van der Waals surface area contributed by atoms with Crippen molar-refractivity contribution in [2.24, 2.45) is 5.92 Å². The van der Waals surface area contributed by atoms with Gasteiger partial charge in [-0.05, 0) is 19.4 Å². The lowest BCUT2D eigenvalue weighted by atomic mass is 10.1. The molecule has 0 aromatic carbocycles. The third-order valence-corrected chi connectivity index (χ3v) is 3.17. The fourth-order valence-corrected chi connectivity index (χ4v) is 2.11. The molecule has 4 nitrogen and oxygen atoms in total. The van der Waals surface area contributed by atoms with E-state index in [9.17, 15) is 9.18 Å². The number of amides is 1. The molecule has 0 N–H and O–H groups in total. The molecule has 0 bridgehead atoms. The molecule has 5 heteroatoms. The smallest absolute Gasteiger partial charge is 0.256 e. The maximum absolute atomic E-state index is 13.5. The van der Waals surface area contributed by atoms with Crippen molar-refractivity contribution >= 4 is 5.91 Å². The molecule has 0 aliphatic carbocycles. The van der Waals surface area contributed by atoms with E-state index in [2.05, 4.69) is 4.98 Å². The van der Waals surface area contributed by atoms with Gasteiger partial charge in [-0.25, -0.2) is 4.39 Å². The van der Waals surface area contributed by atoms with E-state index < -0.39 is 5.82 Å². The zero-order chi connectivity index (χ0) is 13.0. The summed E-state index contributed by atoms with van der Waals surface area (Å²) in [5.74, 6) is -0.480. The van der Waals surface area contributed by atoms with E-state index in [4.69, 9.17) is 4.74 Å². The number of aromatic nitrogens is 1. The van der Waals surface area contributed by atoms with Gasteiger partial charge in [0.2, 0.25) is 0 Å². The minimum absolute atomic E-state index is 0.0887. The number of carbonyl (C=O) groups is 1. The summed E-state index contributed by atoms with van der Waals surface area (Å²) in [6.45, 7) is 4.52. The molecular weight excluding hydrogens is 235 g/mol. The number of hydrogen-bond donors (Lipinski definition) is 0. The summed E-state index contributed by atoms with van der Waals surface area (Å²) < 4.78 is 18.8. The van der Waals surface area contributed by atoms with E-state index >= 15 is 0 Å². The minimum Gasteiger partial charge on any atom is -0.381 e. The highest BCUT2D eigenvalue weighted by atomic mass is 19.1. The summed E-state index contributed by atoms with van der Waals surface area (Å²) in [4.78, 5) is 17.5. The van der Waals surface area contributed by atoms with E-state index in [1.165, 1.54) is 12.3 Å². The molecule has 1 amide bonds. The standard InChI is InChI=1S/C13H17FN2O2/c1-2-16(8-10-4-6-18-9-10)13(17)11-3-5-15-7-12(11)14/h3,5,7,10H,2,4,6,8-9H2,1H3. The minimum atomic E-state index is -0.566. The zero-order valence-electron chi connectivity index (χ0n) is 10.4. The number of carbonyl (C=O) groups excluding carboxylic acids is 1. The van der Waals surface area contributed by atoms with E-state index in [0.29, 0.717) is 25.6 Å². The average Bonchev–Trinajstić information content (AvgIpc) is 2.88. The van der Waals surface area contributed by atoms with E-state index in [1.54, 1.807) is 4.90 Å². The van der Waals surface area contributed by atoms with Crippen LogP contribution in [0.1, 0.15) is 23.7 Å². The van der Waals surface area contributed by atoms with Crippen molar-refractivity contribution < 1.29 is 13.9 Å². The third kappa shape index (κ3) is 2.85. The highest BCUT2D eigenvalue weighted by Crippen LogP contribution is 2.16. The molecule has 1 atom stereocenters. The normalized spacial score (nSPS) is 18.9. The Morgan fingerprint density at radius 1 is 1.67 bits per heavy atom. The van der Waals surface area contributed by atoms with E-state index in [-0.39, 0.29) is 11.5 Å². The molecule has 1 aliphatic rings. The fourth-order valence-electron chi connectivity index (χ4n) is 2.11. The van der Waals surface area contributed by atoms with Crippen LogP contribution in [-0.2, 0) is 4.74 Å². The van der Waals surface area contributed by atoms with Gasteiger partial charge in [0.1, 0.15) is 0 Å². The Labute approximate surface area is 106 Å². The molecule has 1 aromatic rings. The van der Waals surface area contributed by atoms with Crippen molar-refractivity contribution in [3.63, 3.8) is 0 Å². The Kier molecular flexibility index (Phi) is 4.25. The highest BCUT2D eigenvalue weighted by Gasteiger charge is 2.23. The molecule has 0 spiro atoms. The summed E-state index contributed by atoms with van der Waals surface area (Å²) in [5, 5.41) is 0. The van der Waals surface area contributed by atoms with Crippen LogP contribution in [0.4, 0.5) is 4.39 Å². The van der Waals surface area contributed by atoms with Gasteiger partial charge in [0.05, 0.1) is 18.4 Å². The lowest BCUT2D eigenvalue weighted by Gasteiger charge is -2.23. The molecule has 0 radical (unpaired) electrons. The second-order valence-corrected chi connectivity index (χ2v) is 4.43. The summed E-state index contributed by atoms with van der Waals surface area (Å²) in [6, 6.07) is 1.42. The Morgan fingerprint density at radius 3 is 3.11 bits per heavy atom. The molecule has 98 valence electrons. The number of halogens is 1. The fraction of sp³-hybridized carbons (Fsp3) is 0.538. The summed E-state index contributed by atoms with van der Waals surface area (Å²) >= 11 is 0. The van der Waals surface area contributed by atoms with Crippen molar-refractivity contribution in [3.8, 4) is 0 Å². The predicted molar refractivity (Wildman–Crippen MR) is 64.7 cm³/mol. The third-order valence-electron chi connectivity index (χ3n) is 3.17. The molecule has 1 aliphatic heterocycles. The van der Waals surface area contributed by atoms with Crippen molar-refractivity contribution in [2.75, 3.05) is 26.3 Å². The first kappa shape index (κ1) is 13.0. The van der Waals surface area contributed by atoms with Crippen molar-refractivity contribution in [3.05, 3.63) is 29.8 Å². The Hall–Kier alpha value is -1.49. The lowest BCUT2D eigenvalue weighted by molar-refractivity contribution is 0.0726. The van der Waals surface area contributed by atoms with Crippen LogP contribution in [0.15, 0.2) is 18.5 Å². The van der Waals surface area contributed by atoms with Gasteiger partial charge in [-0.2, -0.15) is 0 Å². The van der Waals surface area contributed by atoms with Crippen LogP contribution < -0.4 is 0 Å². The Morgan fingerprint density at radius 2 is 2.50 bits per heavy atom. The number of nitrogens with zero attached hydrogens (tertiary/aromatic N) is 2. The van der Waals surface area contributed by atoms with Crippen molar-refractivity contribution in [2.45, 2.75) is 13.3 Å². The largest absolute Gasteiger partial charge is 0.381 e. The van der Waals surface area contributed by atoms with Crippen molar-refractivity contribution in [1.82, 2.24) is 9.88 Å². The Bertz CT molecular complexity index is 419. The van der Waals surface area contributed by atoms with E-state index in [0.717, 1.165) is 19.2 Å². The Balaban J connectivity index is 2.07. The van der Waals surface area contributed by atoms with Gasteiger partial charge in [0.15, 0.2) is 5.82 Å². The summed E-state index contributed by atoms with van der Waals surface area (Å²) in [7, 11) is 0. The lowest BCUT2D eigenvalue weighted by Crippen LogP contribution is -2.36. The van der Waals surface area contributed by atoms with Gasteiger partial charge in [-0.1, -0.05) is 0 Å². The number of rotatable bonds is 4. The molecule has 2 heterocycles. The van der Waals surface area contributed by atoms with Crippen LogP contribution in [-0.4, -0.2) is 42.1 Å². The van der Waals surface area contributed by atoms with Gasteiger partial charge in [0, 0.05) is 31.8 Å². The van der Waals surface area contributed by atoms with Crippen LogP contribution in [0.5, 0.6) is 0 Å². The summed E-state index contributed by atoms with van der Waals surface area (Å²) in [5.41, 5.74) is 0.0887. The monoisotopic (exact) mass is 252 g/mol. The SMILES string of the molecule is CCN(CC1CCOC1)C(=O)c1ccncc1F. The van der Waals surface area contributed by atoms with Gasteiger partial charge in [0.25, 0.3) is 5.91 Å².